The van der Waals surface area contributed by atoms with E-state index in [4.69, 9.17) is 10.2 Å². The molecule has 0 atom stereocenters. The smallest absolute Gasteiger partial charge is 0.245 e. The number of aryl methyl sites for hydroxylation is 1. The molecule has 2 aromatic rings. The predicted molar refractivity (Wildman–Crippen MR) is 58.1 cm³/mol. The Balaban J connectivity index is 2.29. The van der Waals surface area contributed by atoms with Crippen molar-refractivity contribution >= 4 is 5.82 Å². The third-order valence-electron chi connectivity index (χ3n) is 2.05. The van der Waals surface area contributed by atoms with E-state index >= 15 is 0 Å². The Morgan fingerprint density at radius 1 is 1.33 bits per heavy atom. The molecule has 4 heteroatoms. The van der Waals surface area contributed by atoms with Crippen molar-refractivity contribution in [3.8, 4) is 11.6 Å². The Hall–Kier alpha value is -1.84. The maximum atomic E-state index is 5.58. The molecule has 0 saturated carbocycles. The van der Waals surface area contributed by atoms with Crippen LogP contribution >= 0.6 is 0 Å². The summed E-state index contributed by atoms with van der Waals surface area (Å²) in [6.45, 7) is 2.10. The number of nitrogen functional groups attached to an aromatic ring is 1. The van der Waals surface area contributed by atoms with Crippen LogP contribution in [0.1, 0.15) is 19.0 Å². The maximum Gasteiger partial charge on any atom is 0.245 e. The summed E-state index contributed by atoms with van der Waals surface area (Å²) in [5.41, 5.74) is 7.21. The van der Waals surface area contributed by atoms with E-state index < -0.39 is 0 Å². The summed E-state index contributed by atoms with van der Waals surface area (Å²) in [4.78, 5) is 8.47. The molecular formula is C11H13N3O. The van der Waals surface area contributed by atoms with Gasteiger partial charge in [0.1, 0.15) is 17.8 Å². The highest BCUT2D eigenvalue weighted by molar-refractivity contribution is 5.50. The van der Waals surface area contributed by atoms with Crippen molar-refractivity contribution in [2.75, 3.05) is 5.73 Å². The van der Waals surface area contributed by atoms with E-state index in [-0.39, 0.29) is 0 Å². The first-order chi connectivity index (χ1) is 7.29. The fraction of sp³-hybridized carbons (Fsp3) is 0.273. The number of nitrogens with two attached hydrogens (primary N) is 1. The average Bonchev–Trinajstić information content (AvgIpc) is 2.67. The first-order valence-corrected chi connectivity index (χ1v) is 4.97. The Kier molecular flexibility index (Phi) is 2.67. The highest BCUT2D eigenvalue weighted by Gasteiger charge is 2.07. The molecule has 0 unspecified atom stereocenters. The second kappa shape index (κ2) is 4.13. The first-order valence-electron chi connectivity index (χ1n) is 4.97. The Morgan fingerprint density at radius 3 is 2.93 bits per heavy atom. The fourth-order valence-corrected chi connectivity index (χ4v) is 1.37. The zero-order chi connectivity index (χ0) is 10.7. The lowest BCUT2D eigenvalue weighted by Gasteiger charge is -1.95. The van der Waals surface area contributed by atoms with Gasteiger partial charge in [-0.3, -0.25) is 0 Å². The molecule has 78 valence electrons. The van der Waals surface area contributed by atoms with Crippen LogP contribution < -0.4 is 5.73 Å². The van der Waals surface area contributed by atoms with E-state index in [0.717, 1.165) is 18.5 Å². The number of hydrogen-bond acceptors (Lipinski definition) is 4. The van der Waals surface area contributed by atoms with Gasteiger partial charge in [0.25, 0.3) is 0 Å². The van der Waals surface area contributed by atoms with Crippen LogP contribution in [-0.4, -0.2) is 9.97 Å². The van der Waals surface area contributed by atoms with Gasteiger partial charge in [0, 0.05) is 0 Å². The lowest BCUT2D eigenvalue weighted by atomic mass is 10.3. The largest absolute Gasteiger partial charge is 0.443 e. The third kappa shape index (κ3) is 2.15. The molecule has 0 fully saturated rings. The van der Waals surface area contributed by atoms with E-state index in [9.17, 15) is 0 Å². The molecule has 2 rings (SSSR count). The fourth-order valence-electron chi connectivity index (χ4n) is 1.37. The quantitative estimate of drug-likeness (QED) is 0.831. The van der Waals surface area contributed by atoms with Gasteiger partial charge in [-0.25, -0.2) is 9.97 Å². The highest BCUT2D eigenvalue weighted by atomic mass is 16.3. The minimum Gasteiger partial charge on any atom is -0.443 e. The van der Waals surface area contributed by atoms with Crippen LogP contribution in [0.4, 0.5) is 5.82 Å². The molecule has 0 aliphatic heterocycles. The zero-order valence-corrected chi connectivity index (χ0v) is 8.60. The molecule has 2 heterocycles. The summed E-state index contributed by atoms with van der Waals surface area (Å²) in [5.74, 6) is 1.01. The lowest BCUT2D eigenvalue weighted by molar-refractivity contribution is 0.570. The first kappa shape index (κ1) is 9.71. The molecule has 0 bridgehead atoms. The number of hydrogen-bond donors (Lipinski definition) is 1. The molecule has 4 nitrogen and oxygen atoms in total. The predicted octanol–water partition coefficient (Wildman–Crippen LogP) is 2.27. The molecule has 0 radical (unpaired) electrons. The Bertz CT molecular complexity index is 451. The van der Waals surface area contributed by atoms with Gasteiger partial charge in [0.15, 0.2) is 0 Å². The summed E-state index contributed by atoms with van der Waals surface area (Å²) in [5, 5.41) is 0. The van der Waals surface area contributed by atoms with Crippen LogP contribution in [0.3, 0.4) is 0 Å². The third-order valence-corrected chi connectivity index (χ3v) is 2.05. The summed E-state index contributed by atoms with van der Waals surface area (Å²) in [6.07, 6.45) is 3.64. The molecule has 2 aromatic heterocycles. The molecule has 0 aliphatic rings. The number of anilines is 1. The van der Waals surface area contributed by atoms with Crippen LogP contribution in [0.5, 0.6) is 0 Å². The van der Waals surface area contributed by atoms with Crippen molar-refractivity contribution in [2.24, 2.45) is 0 Å². The summed E-state index contributed by atoms with van der Waals surface area (Å²) < 4.78 is 5.33. The lowest BCUT2D eigenvalue weighted by Crippen LogP contribution is -1.91. The van der Waals surface area contributed by atoms with Gasteiger partial charge in [-0.05, 0) is 18.6 Å². The molecule has 0 saturated heterocycles. The number of rotatable bonds is 3. The highest BCUT2D eigenvalue weighted by Crippen LogP contribution is 2.17. The van der Waals surface area contributed by atoms with Crippen molar-refractivity contribution in [2.45, 2.75) is 19.8 Å². The second-order valence-electron chi connectivity index (χ2n) is 3.34. The van der Waals surface area contributed by atoms with Gasteiger partial charge in [-0.1, -0.05) is 19.4 Å². The van der Waals surface area contributed by atoms with Gasteiger partial charge in [0.2, 0.25) is 5.89 Å². The van der Waals surface area contributed by atoms with Crippen LogP contribution in [0.25, 0.3) is 11.6 Å². The summed E-state index contributed by atoms with van der Waals surface area (Å²) >= 11 is 0. The number of aromatic nitrogens is 2. The molecular weight excluding hydrogens is 190 g/mol. The standard InChI is InChI=1S/C11H13N3O/c1-2-4-8-7-15-11(13-8)9-5-3-6-10(12)14-9/h3,5-7H,2,4H2,1H3,(H2,12,14). The SMILES string of the molecule is CCCc1coc(-c2cccc(N)n2)n1. The van der Waals surface area contributed by atoms with E-state index in [1.54, 1.807) is 12.3 Å². The van der Waals surface area contributed by atoms with E-state index in [1.165, 1.54) is 0 Å². The molecule has 0 spiro atoms. The minimum atomic E-state index is 0.475. The van der Waals surface area contributed by atoms with Crippen LogP contribution in [0, 0.1) is 0 Å². The summed E-state index contributed by atoms with van der Waals surface area (Å²) in [6, 6.07) is 5.40. The molecule has 15 heavy (non-hydrogen) atoms. The van der Waals surface area contributed by atoms with Gasteiger partial charge in [0.05, 0.1) is 5.69 Å². The maximum absolute atomic E-state index is 5.58. The van der Waals surface area contributed by atoms with Gasteiger partial charge in [-0.2, -0.15) is 0 Å². The summed E-state index contributed by atoms with van der Waals surface area (Å²) in [7, 11) is 0. The Labute approximate surface area is 88.2 Å². The van der Waals surface area contributed by atoms with E-state index in [0.29, 0.717) is 17.4 Å². The minimum absolute atomic E-state index is 0.475. The zero-order valence-electron chi connectivity index (χ0n) is 8.60. The number of oxazole rings is 1. The normalized spacial score (nSPS) is 10.5. The Morgan fingerprint density at radius 2 is 2.20 bits per heavy atom. The van der Waals surface area contributed by atoms with Crippen molar-refractivity contribution in [3.05, 3.63) is 30.2 Å². The topological polar surface area (TPSA) is 64.9 Å². The van der Waals surface area contributed by atoms with Crippen LogP contribution in [-0.2, 0) is 6.42 Å². The number of nitrogens with zero attached hydrogens (tertiary/aromatic N) is 2. The molecule has 0 aromatic carbocycles. The average molecular weight is 203 g/mol. The van der Waals surface area contributed by atoms with Crippen molar-refractivity contribution < 1.29 is 4.42 Å². The van der Waals surface area contributed by atoms with Crippen LogP contribution in [0.2, 0.25) is 0 Å². The molecule has 2 N–H and O–H groups in total. The second-order valence-corrected chi connectivity index (χ2v) is 3.34. The monoisotopic (exact) mass is 203 g/mol. The van der Waals surface area contributed by atoms with Gasteiger partial charge in [-0.15, -0.1) is 0 Å². The molecule has 0 aliphatic carbocycles. The molecule has 0 amide bonds. The van der Waals surface area contributed by atoms with E-state index in [2.05, 4.69) is 16.9 Å². The van der Waals surface area contributed by atoms with Gasteiger partial charge >= 0.3 is 0 Å². The number of pyridine rings is 1. The van der Waals surface area contributed by atoms with Crippen molar-refractivity contribution in [1.82, 2.24) is 9.97 Å². The van der Waals surface area contributed by atoms with Crippen molar-refractivity contribution in [1.29, 1.82) is 0 Å². The van der Waals surface area contributed by atoms with Crippen molar-refractivity contribution in [3.63, 3.8) is 0 Å². The van der Waals surface area contributed by atoms with E-state index in [1.807, 2.05) is 12.1 Å². The van der Waals surface area contributed by atoms with Crippen LogP contribution in [0.15, 0.2) is 28.9 Å². The van der Waals surface area contributed by atoms with Gasteiger partial charge < -0.3 is 10.2 Å².